The van der Waals surface area contributed by atoms with Crippen LogP contribution in [0.5, 0.6) is 0 Å². The van der Waals surface area contributed by atoms with Gasteiger partial charge < -0.3 is 5.32 Å². The van der Waals surface area contributed by atoms with Crippen molar-refractivity contribution in [3.63, 3.8) is 0 Å². The summed E-state index contributed by atoms with van der Waals surface area (Å²) >= 11 is 0. The molecule has 3 heteroatoms. The molecule has 0 radical (unpaired) electrons. The Bertz CT molecular complexity index is 316. The molecule has 0 unspecified atom stereocenters. The van der Waals surface area contributed by atoms with E-state index >= 15 is 0 Å². The Morgan fingerprint density at radius 3 is 2.71 bits per heavy atom. The van der Waals surface area contributed by atoms with Crippen LogP contribution in [0.25, 0.3) is 0 Å². The van der Waals surface area contributed by atoms with Crippen molar-refractivity contribution in [3.8, 4) is 0 Å². The zero-order valence-corrected chi connectivity index (χ0v) is 8.88. The molecular formula is C11H17N3. The molecule has 14 heavy (non-hydrogen) atoms. The predicted octanol–water partition coefficient (Wildman–Crippen LogP) is 1.56. The first kappa shape index (κ1) is 9.59. The molecule has 76 valence electrons. The van der Waals surface area contributed by atoms with E-state index in [-0.39, 0.29) is 0 Å². The molecule has 1 aromatic rings. The van der Waals surface area contributed by atoms with E-state index in [0.717, 1.165) is 24.5 Å². The maximum absolute atomic E-state index is 4.61. The van der Waals surface area contributed by atoms with Gasteiger partial charge in [0.1, 0.15) is 0 Å². The second-order valence-corrected chi connectivity index (χ2v) is 4.01. The summed E-state index contributed by atoms with van der Waals surface area (Å²) in [7, 11) is 0. The van der Waals surface area contributed by atoms with Gasteiger partial charge in [-0.2, -0.15) is 0 Å². The lowest BCUT2D eigenvalue weighted by atomic mass is 9.93. The lowest BCUT2D eigenvalue weighted by Crippen LogP contribution is -2.27. The van der Waals surface area contributed by atoms with Gasteiger partial charge in [0.25, 0.3) is 0 Å². The van der Waals surface area contributed by atoms with Crippen LogP contribution in [0.1, 0.15) is 35.8 Å². The van der Waals surface area contributed by atoms with Crippen molar-refractivity contribution in [1.29, 1.82) is 0 Å². The van der Waals surface area contributed by atoms with Gasteiger partial charge in [-0.3, -0.25) is 9.97 Å². The summed E-state index contributed by atoms with van der Waals surface area (Å²) in [6, 6.07) is 0. The van der Waals surface area contributed by atoms with Gasteiger partial charge in [-0.1, -0.05) is 0 Å². The van der Waals surface area contributed by atoms with Crippen molar-refractivity contribution >= 4 is 0 Å². The Morgan fingerprint density at radius 2 is 2.00 bits per heavy atom. The van der Waals surface area contributed by atoms with Crippen LogP contribution in [0, 0.1) is 13.8 Å². The first-order valence-electron chi connectivity index (χ1n) is 5.28. The monoisotopic (exact) mass is 191 g/mol. The molecule has 3 nitrogen and oxygen atoms in total. The number of aromatic nitrogens is 2. The van der Waals surface area contributed by atoms with Gasteiger partial charge >= 0.3 is 0 Å². The van der Waals surface area contributed by atoms with Crippen LogP contribution < -0.4 is 5.32 Å². The predicted molar refractivity (Wildman–Crippen MR) is 56.4 cm³/mol. The Morgan fingerprint density at radius 1 is 1.29 bits per heavy atom. The number of nitrogens with one attached hydrogen (secondary N) is 1. The fourth-order valence-corrected chi connectivity index (χ4v) is 2.04. The molecule has 1 fully saturated rings. The fraction of sp³-hybridized carbons (Fsp3) is 0.636. The van der Waals surface area contributed by atoms with Crippen molar-refractivity contribution in [2.45, 2.75) is 32.6 Å². The fourth-order valence-electron chi connectivity index (χ4n) is 2.04. The zero-order valence-electron chi connectivity index (χ0n) is 8.88. The standard InChI is InChI=1S/C11H17N3/c1-8-7-13-9(2)11(14-8)10-3-5-12-6-4-10/h7,10,12H,3-6H2,1-2H3. The Hall–Kier alpha value is -0.960. The van der Waals surface area contributed by atoms with Crippen molar-refractivity contribution in [2.75, 3.05) is 13.1 Å². The number of rotatable bonds is 1. The Kier molecular flexibility index (Phi) is 2.77. The summed E-state index contributed by atoms with van der Waals surface area (Å²) in [4.78, 5) is 8.98. The third kappa shape index (κ3) is 1.93. The highest BCUT2D eigenvalue weighted by Crippen LogP contribution is 2.25. The molecule has 1 aliphatic heterocycles. The van der Waals surface area contributed by atoms with Crippen molar-refractivity contribution in [2.24, 2.45) is 0 Å². The molecule has 0 aliphatic carbocycles. The maximum atomic E-state index is 4.61. The van der Waals surface area contributed by atoms with E-state index in [1.807, 2.05) is 13.1 Å². The second kappa shape index (κ2) is 4.05. The number of nitrogens with zero attached hydrogens (tertiary/aromatic N) is 2. The van der Waals surface area contributed by atoms with E-state index in [9.17, 15) is 0 Å². The Labute approximate surface area is 85.0 Å². The minimum atomic E-state index is 0.614. The van der Waals surface area contributed by atoms with E-state index in [1.165, 1.54) is 18.5 Å². The van der Waals surface area contributed by atoms with E-state index in [0.29, 0.717) is 5.92 Å². The third-order valence-corrected chi connectivity index (χ3v) is 2.84. The summed E-state index contributed by atoms with van der Waals surface area (Å²) in [5, 5.41) is 3.37. The van der Waals surface area contributed by atoms with Gasteiger partial charge in [-0.25, -0.2) is 0 Å². The van der Waals surface area contributed by atoms with Crippen LogP contribution in [-0.4, -0.2) is 23.1 Å². The highest BCUT2D eigenvalue weighted by atomic mass is 14.9. The molecule has 2 rings (SSSR count). The average Bonchev–Trinajstić information content (AvgIpc) is 2.23. The van der Waals surface area contributed by atoms with Crippen LogP contribution in [0.4, 0.5) is 0 Å². The summed E-state index contributed by atoms with van der Waals surface area (Å²) < 4.78 is 0. The number of aryl methyl sites for hydroxylation is 2. The van der Waals surface area contributed by atoms with Gasteiger partial charge in [0.05, 0.1) is 17.1 Å². The SMILES string of the molecule is Cc1cnc(C)c(C2CCNCC2)n1. The van der Waals surface area contributed by atoms with Gasteiger partial charge in [-0.05, 0) is 39.8 Å². The highest BCUT2D eigenvalue weighted by molar-refractivity contribution is 5.17. The molecule has 1 aromatic heterocycles. The summed E-state index contributed by atoms with van der Waals surface area (Å²) in [5.74, 6) is 0.614. The van der Waals surface area contributed by atoms with Crippen LogP contribution in [-0.2, 0) is 0 Å². The molecule has 0 bridgehead atoms. The molecule has 0 saturated carbocycles. The second-order valence-electron chi connectivity index (χ2n) is 4.01. The first-order chi connectivity index (χ1) is 6.77. The van der Waals surface area contributed by atoms with Crippen LogP contribution in [0.15, 0.2) is 6.20 Å². The smallest absolute Gasteiger partial charge is 0.0650 e. The number of piperidine rings is 1. The third-order valence-electron chi connectivity index (χ3n) is 2.84. The number of hydrogen-bond donors (Lipinski definition) is 1. The van der Waals surface area contributed by atoms with Crippen LogP contribution in [0.3, 0.4) is 0 Å². The van der Waals surface area contributed by atoms with Crippen molar-refractivity contribution < 1.29 is 0 Å². The van der Waals surface area contributed by atoms with Gasteiger partial charge in [0, 0.05) is 12.1 Å². The molecule has 2 heterocycles. The average molecular weight is 191 g/mol. The minimum absolute atomic E-state index is 0.614. The lowest BCUT2D eigenvalue weighted by Gasteiger charge is -2.23. The van der Waals surface area contributed by atoms with Gasteiger partial charge in [0.2, 0.25) is 0 Å². The zero-order chi connectivity index (χ0) is 9.97. The van der Waals surface area contributed by atoms with Gasteiger partial charge in [0.15, 0.2) is 0 Å². The summed E-state index contributed by atoms with van der Waals surface area (Å²) in [6.45, 7) is 6.29. The Balaban J connectivity index is 2.24. The molecule has 0 aromatic carbocycles. The lowest BCUT2D eigenvalue weighted by molar-refractivity contribution is 0.450. The number of hydrogen-bond acceptors (Lipinski definition) is 3. The van der Waals surface area contributed by atoms with E-state index in [4.69, 9.17) is 0 Å². The molecular weight excluding hydrogens is 174 g/mol. The highest BCUT2D eigenvalue weighted by Gasteiger charge is 2.18. The van der Waals surface area contributed by atoms with Crippen molar-refractivity contribution in [1.82, 2.24) is 15.3 Å². The van der Waals surface area contributed by atoms with E-state index in [1.54, 1.807) is 0 Å². The largest absolute Gasteiger partial charge is 0.317 e. The molecule has 1 aliphatic rings. The molecule has 1 saturated heterocycles. The first-order valence-corrected chi connectivity index (χ1v) is 5.28. The maximum Gasteiger partial charge on any atom is 0.0650 e. The quantitative estimate of drug-likeness (QED) is 0.732. The van der Waals surface area contributed by atoms with Crippen LogP contribution >= 0.6 is 0 Å². The molecule has 0 amide bonds. The minimum Gasteiger partial charge on any atom is -0.317 e. The normalized spacial score (nSPS) is 18.4. The van der Waals surface area contributed by atoms with Crippen LogP contribution in [0.2, 0.25) is 0 Å². The van der Waals surface area contributed by atoms with E-state index in [2.05, 4.69) is 22.2 Å². The van der Waals surface area contributed by atoms with Crippen molar-refractivity contribution in [3.05, 3.63) is 23.3 Å². The van der Waals surface area contributed by atoms with Gasteiger partial charge in [-0.15, -0.1) is 0 Å². The summed E-state index contributed by atoms with van der Waals surface area (Å²) in [5.41, 5.74) is 3.35. The van der Waals surface area contributed by atoms with E-state index < -0.39 is 0 Å². The topological polar surface area (TPSA) is 37.8 Å². The summed E-state index contributed by atoms with van der Waals surface area (Å²) in [6.07, 6.45) is 4.23. The molecule has 0 spiro atoms. The molecule has 0 atom stereocenters. The molecule has 1 N–H and O–H groups in total.